The van der Waals surface area contributed by atoms with Gasteiger partial charge in [-0.1, -0.05) is 5.16 Å². The van der Waals surface area contributed by atoms with Gasteiger partial charge in [-0.3, -0.25) is 0 Å². The predicted molar refractivity (Wildman–Crippen MR) is 97.9 cm³/mol. The van der Waals surface area contributed by atoms with Crippen molar-refractivity contribution in [2.75, 3.05) is 21.3 Å². The highest BCUT2D eigenvalue weighted by molar-refractivity contribution is 7.89. The highest BCUT2D eigenvalue weighted by Gasteiger charge is 2.23. The quantitative estimate of drug-likeness (QED) is 0.613. The number of benzene rings is 2. The summed E-state index contributed by atoms with van der Waals surface area (Å²) in [6, 6.07) is 13.3. The lowest BCUT2D eigenvalue weighted by atomic mass is 10.2. The van der Waals surface area contributed by atoms with E-state index in [2.05, 4.69) is 10.1 Å². The van der Waals surface area contributed by atoms with Crippen molar-refractivity contribution in [2.24, 2.45) is 0 Å². The number of rotatable bonds is 7. The zero-order valence-electron chi connectivity index (χ0n) is 15.1. The maximum absolute atomic E-state index is 12.7. The van der Waals surface area contributed by atoms with Gasteiger partial charge in [0.15, 0.2) is 0 Å². The molecule has 27 heavy (non-hydrogen) atoms. The molecule has 0 aliphatic heterocycles. The van der Waals surface area contributed by atoms with Crippen LogP contribution in [0.5, 0.6) is 11.5 Å². The SMILES string of the molecule is COc1ccc(-c2noc(CN(C)S(=O)(=O)c3ccc(OC)cc3)n2)cc1. The first-order valence-corrected chi connectivity index (χ1v) is 9.45. The molecule has 3 rings (SSSR count). The van der Waals surface area contributed by atoms with Gasteiger partial charge in [0.1, 0.15) is 11.5 Å². The van der Waals surface area contributed by atoms with Gasteiger partial charge in [-0.05, 0) is 48.5 Å². The minimum atomic E-state index is -3.69. The van der Waals surface area contributed by atoms with Crippen molar-refractivity contribution in [3.8, 4) is 22.9 Å². The van der Waals surface area contributed by atoms with Gasteiger partial charge >= 0.3 is 0 Å². The molecule has 9 heteroatoms. The van der Waals surface area contributed by atoms with E-state index < -0.39 is 10.0 Å². The average molecular weight is 389 g/mol. The second-order valence-electron chi connectivity index (χ2n) is 5.68. The third-order valence-corrected chi connectivity index (χ3v) is 5.76. The fraction of sp³-hybridized carbons (Fsp3) is 0.222. The van der Waals surface area contributed by atoms with Crippen LogP contribution < -0.4 is 9.47 Å². The van der Waals surface area contributed by atoms with Gasteiger partial charge in [-0.15, -0.1) is 0 Å². The molecule has 0 unspecified atom stereocenters. The summed E-state index contributed by atoms with van der Waals surface area (Å²) in [5.74, 6) is 1.87. The van der Waals surface area contributed by atoms with E-state index >= 15 is 0 Å². The fourth-order valence-electron chi connectivity index (χ4n) is 2.38. The molecular weight excluding hydrogens is 370 g/mol. The zero-order valence-corrected chi connectivity index (χ0v) is 15.9. The normalized spacial score (nSPS) is 11.6. The third kappa shape index (κ3) is 4.09. The van der Waals surface area contributed by atoms with Crippen LogP contribution in [0.4, 0.5) is 0 Å². The molecule has 1 aromatic heterocycles. The molecule has 0 N–H and O–H groups in total. The zero-order chi connectivity index (χ0) is 19.4. The Morgan fingerprint density at radius 1 is 0.963 bits per heavy atom. The average Bonchev–Trinajstić information content (AvgIpc) is 3.16. The minimum absolute atomic E-state index is 0.0441. The molecule has 0 radical (unpaired) electrons. The first kappa shape index (κ1) is 18.9. The standard InChI is InChI=1S/C18H19N3O5S/c1-21(27(22,23)16-10-8-15(25-3)9-11-16)12-17-19-18(20-26-17)13-4-6-14(24-2)7-5-13/h4-11H,12H2,1-3H3. The second-order valence-corrected chi connectivity index (χ2v) is 7.72. The van der Waals surface area contributed by atoms with Crippen molar-refractivity contribution in [1.82, 2.24) is 14.4 Å². The van der Waals surface area contributed by atoms with Crippen LogP contribution in [0.1, 0.15) is 5.89 Å². The van der Waals surface area contributed by atoms with Crippen LogP contribution in [0.15, 0.2) is 57.9 Å². The molecule has 0 amide bonds. The highest BCUT2D eigenvalue weighted by atomic mass is 32.2. The number of sulfonamides is 1. The van der Waals surface area contributed by atoms with Crippen LogP contribution >= 0.6 is 0 Å². The van der Waals surface area contributed by atoms with Crippen molar-refractivity contribution in [2.45, 2.75) is 11.4 Å². The Balaban J connectivity index is 1.75. The van der Waals surface area contributed by atoms with Crippen LogP contribution in [0.25, 0.3) is 11.4 Å². The second kappa shape index (κ2) is 7.77. The number of methoxy groups -OCH3 is 2. The van der Waals surface area contributed by atoms with Crippen LogP contribution in [-0.2, 0) is 16.6 Å². The number of nitrogens with zero attached hydrogens (tertiary/aromatic N) is 3. The van der Waals surface area contributed by atoms with Crippen molar-refractivity contribution in [3.05, 3.63) is 54.4 Å². The minimum Gasteiger partial charge on any atom is -0.497 e. The summed E-state index contributed by atoms with van der Waals surface area (Å²) in [6.07, 6.45) is 0. The summed E-state index contributed by atoms with van der Waals surface area (Å²) in [7, 11) is 0.865. The Morgan fingerprint density at radius 2 is 1.52 bits per heavy atom. The molecule has 0 saturated carbocycles. The molecule has 0 bridgehead atoms. The van der Waals surface area contributed by atoms with Gasteiger partial charge in [-0.25, -0.2) is 8.42 Å². The molecule has 8 nitrogen and oxygen atoms in total. The Kier molecular flexibility index (Phi) is 5.43. The summed E-state index contributed by atoms with van der Waals surface area (Å²) in [5.41, 5.74) is 0.742. The summed E-state index contributed by atoms with van der Waals surface area (Å²) in [6.45, 7) is -0.0441. The van der Waals surface area contributed by atoms with E-state index in [-0.39, 0.29) is 17.3 Å². The van der Waals surface area contributed by atoms with Gasteiger partial charge in [0.25, 0.3) is 0 Å². The smallest absolute Gasteiger partial charge is 0.243 e. The molecule has 0 atom stereocenters. The topological polar surface area (TPSA) is 94.8 Å². The van der Waals surface area contributed by atoms with Gasteiger partial charge in [0.05, 0.1) is 25.7 Å². The van der Waals surface area contributed by atoms with E-state index in [0.29, 0.717) is 17.3 Å². The highest BCUT2D eigenvalue weighted by Crippen LogP contribution is 2.22. The monoisotopic (exact) mass is 389 g/mol. The van der Waals surface area contributed by atoms with E-state index in [0.717, 1.165) is 9.87 Å². The summed E-state index contributed by atoms with van der Waals surface area (Å²) < 4.78 is 41.8. The van der Waals surface area contributed by atoms with Crippen LogP contribution in [0.2, 0.25) is 0 Å². The molecule has 3 aromatic rings. The van der Waals surface area contributed by atoms with E-state index in [1.807, 2.05) is 0 Å². The lowest BCUT2D eigenvalue weighted by Crippen LogP contribution is -2.26. The van der Waals surface area contributed by atoms with Crippen molar-refractivity contribution >= 4 is 10.0 Å². The van der Waals surface area contributed by atoms with E-state index in [4.69, 9.17) is 14.0 Å². The number of hydrogen-bond acceptors (Lipinski definition) is 7. The molecule has 0 saturated heterocycles. The van der Waals surface area contributed by atoms with Crippen LogP contribution in [0.3, 0.4) is 0 Å². The van der Waals surface area contributed by atoms with E-state index in [1.54, 1.807) is 43.5 Å². The Morgan fingerprint density at radius 3 is 2.07 bits per heavy atom. The molecule has 0 fully saturated rings. The van der Waals surface area contributed by atoms with Crippen LogP contribution in [0, 0.1) is 0 Å². The Hall–Kier alpha value is -2.91. The maximum Gasteiger partial charge on any atom is 0.243 e. The summed E-state index contributed by atoms with van der Waals surface area (Å²) >= 11 is 0. The van der Waals surface area contributed by atoms with Gasteiger partial charge in [0.2, 0.25) is 21.7 Å². The first-order valence-electron chi connectivity index (χ1n) is 8.01. The molecule has 142 valence electrons. The number of hydrogen-bond donors (Lipinski definition) is 0. The van der Waals surface area contributed by atoms with Crippen molar-refractivity contribution < 1.29 is 22.4 Å². The maximum atomic E-state index is 12.7. The van der Waals surface area contributed by atoms with Gasteiger partial charge < -0.3 is 14.0 Å². The van der Waals surface area contributed by atoms with Gasteiger partial charge in [-0.2, -0.15) is 9.29 Å². The number of aromatic nitrogens is 2. The summed E-state index contributed by atoms with van der Waals surface area (Å²) in [5, 5.41) is 3.91. The molecular formula is C18H19N3O5S. The van der Waals surface area contributed by atoms with Crippen LogP contribution in [-0.4, -0.2) is 44.1 Å². The Labute approximate surface area is 157 Å². The molecule has 0 spiro atoms. The molecule has 0 aliphatic rings. The third-order valence-electron chi connectivity index (χ3n) is 3.94. The van der Waals surface area contributed by atoms with Gasteiger partial charge in [0, 0.05) is 12.6 Å². The van der Waals surface area contributed by atoms with Crippen molar-refractivity contribution in [1.29, 1.82) is 0 Å². The Bertz CT molecular complexity index is 998. The fourth-order valence-corrected chi connectivity index (χ4v) is 3.50. The van der Waals surface area contributed by atoms with Crippen molar-refractivity contribution in [3.63, 3.8) is 0 Å². The number of ether oxygens (including phenoxy) is 2. The lowest BCUT2D eigenvalue weighted by Gasteiger charge is -2.15. The largest absolute Gasteiger partial charge is 0.497 e. The van der Waals surface area contributed by atoms with E-state index in [9.17, 15) is 8.42 Å². The lowest BCUT2D eigenvalue weighted by molar-refractivity contribution is 0.336. The molecule has 0 aliphatic carbocycles. The molecule has 2 aromatic carbocycles. The summed E-state index contributed by atoms with van der Waals surface area (Å²) in [4.78, 5) is 4.42. The molecule has 1 heterocycles. The van der Waals surface area contributed by atoms with E-state index in [1.165, 1.54) is 26.3 Å². The predicted octanol–water partition coefficient (Wildman–Crippen LogP) is 2.57. The first-order chi connectivity index (χ1) is 12.9.